The molecule has 0 saturated carbocycles. The summed E-state index contributed by atoms with van der Waals surface area (Å²) in [5.41, 5.74) is 0. The van der Waals surface area contributed by atoms with Crippen molar-refractivity contribution in [1.29, 1.82) is 0 Å². The third-order valence-electron chi connectivity index (χ3n) is 2.45. The van der Waals surface area contributed by atoms with Crippen molar-refractivity contribution in [2.45, 2.75) is 108 Å². The highest BCUT2D eigenvalue weighted by Gasteiger charge is 2.33. The summed E-state index contributed by atoms with van der Waals surface area (Å²) in [7, 11) is 1.00. The summed E-state index contributed by atoms with van der Waals surface area (Å²) in [5, 5.41) is 0. The largest absolute Gasteiger partial charge is 0.386 e. The standard InChI is InChI=1S/C7H15F.C5H8F4O.C3H8.2C2H5F.2CH3F.2CH4/c1-3-7(4-2)5-6-8;1-2-4(7)10-5(8,9)3-6;1-3-2;2*1-2-3;2*1-2;;/h7H,3-6H2,1-2H3;4H,2-3H2,1H3;3H2,1-2H3;2*2H2,1H3;2*1H3;2*1H4. The molecule has 0 bridgehead atoms. The Morgan fingerprint density at radius 3 is 1.06 bits per heavy atom. The zero-order valence-electron chi connectivity index (χ0n) is 20.8. The van der Waals surface area contributed by atoms with E-state index in [2.05, 4.69) is 32.4 Å². The molecule has 1 nitrogen and oxygen atoms in total. The van der Waals surface area contributed by atoms with Crippen molar-refractivity contribution >= 4 is 0 Å². The molecule has 1 unspecified atom stereocenters. The summed E-state index contributed by atoms with van der Waals surface area (Å²) >= 11 is 0. The fourth-order valence-corrected chi connectivity index (χ4v) is 1.15. The molecule has 0 rings (SSSR count). The molecule has 216 valence electrons. The molecule has 1 atom stereocenters. The first-order valence-electron chi connectivity index (χ1n) is 10.3. The Balaban J connectivity index is -0.0000000321. The fraction of sp³-hybridized carbons (Fsp3) is 1.00. The van der Waals surface area contributed by atoms with Crippen LogP contribution in [0.3, 0.4) is 0 Å². The summed E-state index contributed by atoms with van der Waals surface area (Å²) in [6.45, 7) is 10.1. The topological polar surface area (TPSA) is 9.23 Å². The molecule has 0 aromatic rings. The molecule has 0 saturated heterocycles. The van der Waals surface area contributed by atoms with Gasteiger partial charge in [0.05, 0.1) is 34.4 Å². The van der Waals surface area contributed by atoms with Crippen LogP contribution in [-0.4, -0.2) is 53.5 Å². The Morgan fingerprint density at radius 2 is 0.939 bits per heavy atom. The molecule has 0 aliphatic rings. The smallest absolute Gasteiger partial charge is 0.284 e. The highest BCUT2D eigenvalue weighted by molar-refractivity contribution is 4.52. The molecule has 10 heteroatoms. The second-order valence-electron chi connectivity index (χ2n) is 5.11. The minimum absolute atomic E-state index is 0. The predicted octanol–water partition coefficient (Wildman–Crippen LogP) is 10.9. The van der Waals surface area contributed by atoms with Crippen molar-refractivity contribution in [3.63, 3.8) is 0 Å². The quantitative estimate of drug-likeness (QED) is 0.290. The van der Waals surface area contributed by atoms with Crippen LogP contribution in [0.2, 0.25) is 0 Å². The zero-order valence-corrected chi connectivity index (χ0v) is 20.8. The molecule has 0 aliphatic heterocycles. The number of hydrogen-bond acceptors (Lipinski definition) is 1. The van der Waals surface area contributed by atoms with Crippen LogP contribution in [-0.2, 0) is 4.74 Å². The third kappa shape index (κ3) is 101. The van der Waals surface area contributed by atoms with Gasteiger partial charge in [0.15, 0.2) is 6.67 Å². The van der Waals surface area contributed by atoms with Gasteiger partial charge in [-0.1, -0.05) is 68.7 Å². The lowest BCUT2D eigenvalue weighted by Gasteiger charge is -2.14. The van der Waals surface area contributed by atoms with Crippen molar-refractivity contribution in [3.05, 3.63) is 0 Å². The van der Waals surface area contributed by atoms with Gasteiger partial charge in [0.25, 0.3) is 0 Å². The van der Waals surface area contributed by atoms with E-state index in [-0.39, 0.29) is 41.3 Å². The Labute approximate surface area is 199 Å². The van der Waals surface area contributed by atoms with Crippen LogP contribution in [0.4, 0.5) is 39.5 Å². The lowest BCUT2D eigenvalue weighted by Crippen LogP contribution is -2.27. The highest BCUT2D eigenvalue weighted by Crippen LogP contribution is 2.19. The van der Waals surface area contributed by atoms with Gasteiger partial charge in [-0.15, -0.1) is 0 Å². The van der Waals surface area contributed by atoms with E-state index in [1.807, 2.05) is 0 Å². The summed E-state index contributed by atoms with van der Waals surface area (Å²) in [4.78, 5) is 0. The van der Waals surface area contributed by atoms with Crippen LogP contribution in [0.15, 0.2) is 0 Å². The lowest BCUT2D eigenvalue weighted by molar-refractivity contribution is -0.293. The average molecular weight is 519 g/mol. The van der Waals surface area contributed by atoms with Gasteiger partial charge in [-0.3, -0.25) is 26.7 Å². The Hall–Kier alpha value is -0.670. The number of alkyl halides is 9. The highest BCUT2D eigenvalue weighted by atomic mass is 19.3. The molecular formula is C23H55F9O. The maximum atomic E-state index is 11.9. The van der Waals surface area contributed by atoms with E-state index < -0.39 is 19.1 Å². The summed E-state index contributed by atoms with van der Waals surface area (Å²) in [5.74, 6) is 0.625. The average Bonchev–Trinajstić information content (AvgIpc) is 2.76. The molecule has 33 heavy (non-hydrogen) atoms. The second-order valence-corrected chi connectivity index (χ2v) is 5.11. The molecule has 0 aromatic heterocycles. The van der Waals surface area contributed by atoms with Gasteiger partial charge in [0.2, 0.25) is 6.36 Å². The van der Waals surface area contributed by atoms with Crippen LogP contribution in [0.25, 0.3) is 0 Å². The first kappa shape index (κ1) is 58.3. The van der Waals surface area contributed by atoms with Crippen molar-refractivity contribution in [2.24, 2.45) is 5.92 Å². The minimum atomic E-state index is -3.98. The normalized spacial score (nSPS) is 9.18. The van der Waals surface area contributed by atoms with Gasteiger partial charge in [-0.05, 0) is 26.2 Å². The van der Waals surface area contributed by atoms with Crippen molar-refractivity contribution in [1.82, 2.24) is 0 Å². The minimum Gasteiger partial charge on any atom is -0.284 e. The van der Waals surface area contributed by atoms with Gasteiger partial charge in [0, 0.05) is 6.42 Å². The first-order chi connectivity index (χ1) is 14.6. The molecule has 0 N–H and O–H groups in total. The molecule has 0 fully saturated rings. The lowest BCUT2D eigenvalue weighted by atomic mass is 10.0. The summed E-state index contributed by atoms with van der Waals surface area (Å²) in [6, 6.07) is 0. The van der Waals surface area contributed by atoms with Crippen LogP contribution in [0, 0.1) is 5.92 Å². The molecule has 0 amide bonds. The second kappa shape index (κ2) is 63.3. The molecule has 0 spiro atoms. The van der Waals surface area contributed by atoms with Gasteiger partial charge in [-0.25, -0.2) is 8.78 Å². The van der Waals surface area contributed by atoms with E-state index in [9.17, 15) is 39.5 Å². The fourth-order valence-electron chi connectivity index (χ4n) is 1.15. The van der Waals surface area contributed by atoms with Crippen molar-refractivity contribution in [3.8, 4) is 0 Å². The SMILES string of the molecule is C.C.CCC.CCC(CC)CCF.CCC(F)OC(F)(F)CF.CCF.CCF.CF.CF. The number of halogens is 9. The zero-order chi connectivity index (χ0) is 26.7. The van der Waals surface area contributed by atoms with E-state index in [1.54, 1.807) is 0 Å². The van der Waals surface area contributed by atoms with E-state index in [1.165, 1.54) is 27.2 Å². The Bertz CT molecular complexity index is 217. The van der Waals surface area contributed by atoms with Gasteiger partial charge < -0.3 is 0 Å². The van der Waals surface area contributed by atoms with Gasteiger partial charge >= 0.3 is 6.11 Å². The van der Waals surface area contributed by atoms with Crippen molar-refractivity contribution < 1.29 is 44.3 Å². The van der Waals surface area contributed by atoms with Crippen LogP contribution < -0.4 is 0 Å². The predicted molar refractivity (Wildman–Crippen MR) is 129 cm³/mol. The van der Waals surface area contributed by atoms with E-state index in [0.29, 0.717) is 20.3 Å². The maximum Gasteiger partial charge on any atom is 0.386 e. The van der Waals surface area contributed by atoms with Crippen LogP contribution in [0.1, 0.15) is 95.4 Å². The molecule has 0 heterocycles. The molecule has 0 radical (unpaired) electrons. The number of hydrogen-bond donors (Lipinski definition) is 0. The van der Waals surface area contributed by atoms with E-state index in [0.717, 1.165) is 19.3 Å². The first-order valence-corrected chi connectivity index (χ1v) is 10.3. The monoisotopic (exact) mass is 518 g/mol. The molecular weight excluding hydrogens is 463 g/mol. The maximum absolute atomic E-state index is 11.9. The Morgan fingerprint density at radius 1 is 0.667 bits per heavy atom. The van der Waals surface area contributed by atoms with Crippen LogP contribution >= 0.6 is 0 Å². The van der Waals surface area contributed by atoms with E-state index in [4.69, 9.17) is 0 Å². The van der Waals surface area contributed by atoms with Gasteiger partial charge in [-0.2, -0.15) is 8.78 Å². The van der Waals surface area contributed by atoms with Crippen LogP contribution in [0.5, 0.6) is 0 Å². The number of rotatable bonds is 8. The Kier molecular flexibility index (Phi) is 112. The molecule has 0 aliphatic carbocycles. The van der Waals surface area contributed by atoms with Crippen molar-refractivity contribution in [2.75, 3.05) is 41.1 Å². The van der Waals surface area contributed by atoms with Gasteiger partial charge in [0.1, 0.15) is 0 Å². The van der Waals surface area contributed by atoms with E-state index >= 15 is 0 Å². The summed E-state index contributed by atoms with van der Waals surface area (Å²) < 4.78 is 101. The third-order valence-corrected chi connectivity index (χ3v) is 2.45. The summed E-state index contributed by atoms with van der Waals surface area (Å²) in [6.07, 6.45) is -2.02. The molecule has 0 aromatic carbocycles. The number of ether oxygens (including phenoxy) is 1.